The van der Waals surface area contributed by atoms with Gasteiger partial charge in [-0.3, -0.25) is 4.79 Å². The highest BCUT2D eigenvalue weighted by molar-refractivity contribution is 7.91. The minimum atomic E-state index is -3.23. The van der Waals surface area contributed by atoms with Gasteiger partial charge in [0.05, 0.1) is 10.6 Å². The van der Waals surface area contributed by atoms with Crippen molar-refractivity contribution in [1.82, 2.24) is 4.90 Å². The average Bonchev–Trinajstić information content (AvgIpc) is 2.51. The van der Waals surface area contributed by atoms with E-state index >= 15 is 0 Å². The van der Waals surface area contributed by atoms with Gasteiger partial charge in [0.2, 0.25) is 0 Å². The number of hydrogen-bond donors (Lipinski definition) is 1. The van der Waals surface area contributed by atoms with Crippen LogP contribution in [-0.4, -0.2) is 44.6 Å². The van der Waals surface area contributed by atoms with E-state index in [2.05, 4.69) is 13.8 Å². The quantitative estimate of drug-likeness (QED) is 0.807. The Hall–Kier alpha value is -1.11. The molecule has 0 spiro atoms. The van der Waals surface area contributed by atoms with Crippen molar-refractivity contribution in [3.63, 3.8) is 0 Å². The molecule has 0 aromatic heterocycles. The molecule has 23 heavy (non-hydrogen) atoms. The van der Waals surface area contributed by atoms with Crippen LogP contribution >= 0.6 is 12.4 Å². The van der Waals surface area contributed by atoms with E-state index in [0.717, 1.165) is 6.42 Å². The summed E-state index contributed by atoms with van der Waals surface area (Å²) in [4.78, 5) is 14.2. The van der Waals surface area contributed by atoms with E-state index in [1.54, 1.807) is 31.0 Å². The van der Waals surface area contributed by atoms with Crippen LogP contribution in [0.4, 0.5) is 0 Å². The van der Waals surface area contributed by atoms with E-state index in [0.29, 0.717) is 18.0 Å². The fraction of sp³-hybridized carbons (Fsp3) is 0.562. The Bertz CT molecular complexity index is 600. The van der Waals surface area contributed by atoms with Gasteiger partial charge in [-0.25, -0.2) is 8.42 Å². The topological polar surface area (TPSA) is 80.5 Å². The molecule has 0 saturated carbocycles. The van der Waals surface area contributed by atoms with Crippen LogP contribution in [0.2, 0.25) is 0 Å². The Morgan fingerprint density at radius 2 is 1.74 bits per heavy atom. The second kappa shape index (κ2) is 9.25. The molecule has 1 unspecified atom stereocenters. The number of amides is 1. The summed E-state index contributed by atoms with van der Waals surface area (Å²) in [5, 5.41) is 0. The zero-order valence-corrected chi connectivity index (χ0v) is 15.8. The number of carbonyl (C=O) groups excluding carboxylic acids is 1. The first-order valence-electron chi connectivity index (χ1n) is 7.53. The number of benzene rings is 1. The van der Waals surface area contributed by atoms with Crippen molar-refractivity contribution >= 4 is 28.2 Å². The summed E-state index contributed by atoms with van der Waals surface area (Å²) >= 11 is 0. The molecule has 0 aliphatic carbocycles. The highest BCUT2D eigenvalue weighted by Crippen LogP contribution is 2.14. The summed E-state index contributed by atoms with van der Waals surface area (Å²) in [6.07, 6.45) is 0.738. The summed E-state index contributed by atoms with van der Waals surface area (Å²) in [6, 6.07) is 6.15. The Morgan fingerprint density at radius 1 is 1.22 bits per heavy atom. The molecule has 1 atom stereocenters. The van der Waals surface area contributed by atoms with E-state index in [4.69, 9.17) is 5.73 Å². The van der Waals surface area contributed by atoms with Gasteiger partial charge in [-0.05, 0) is 36.6 Å². The van der Waals surface area contributed by atoms with Crippen LogP contribution in [0.1, 0.15) is 37.6 Å². The lowest BCUT2D eigenvalue weighted by Crippen LogP contribution is -2.34. The molecule has 1 aromatic carbocycles. The third-order valence-electron chi connectivity index (χ3n) is 3.84. The smallest absolute Gasteiger partial charge is 0.253 e. The summed E-state index contributed by atoms with van der Waals surface area (Å²) < 4.78 is 23.5. The summed E-state index contributed by atoms with van der Waals surface area (Å²) in [5.74, 6) is 0.297. The van der Waals surface area contributed by atoms with Gasteiger partial charge in [-0.2, -0.15) is 0 Å². The predicted molar refractivity (Wildman–Crippen MR) is 95.8 cm³/mol. The van der Waals surface area contributed by atoms with E-state index in [1.807, 2.05) is 0 Å². The minimum Gasteiger partial charge on any atom is -0.342 e. The largest absolute Gasteiger partial charge is 0.342 e. The van der Waals surface area contributed by atoms with Gasteiger partial charge < -0.3 is 10.6 Å². The Labute approximate surface area is 145 Å². The van der Waals surface area contributed by atoms with Gasteiger partial charge in [0.25, 0.3) is 5.91 Å². The molecule has 0 heterocycles. The fourth-order valence-electron chi connectivity index (χ4n) is 1.97. The van der Waals surface area contributed by atoms with Crippen LogP contribution in [0.3, 0.4) is 0 Å². The molecule has 7 heteroatoms. The maximum Gasteiger partial charge on any atom is 0.253 e. The third-order valence-corrected chi connectivity index (χ3v) is 5.59. The molecule has 0 aliphatic heterocycles. The van der Waals surface area contributed by atoms with Crippen molar-refractivity contribution in [3.05, 3.63) is 29.8 Å². The van der Waals surface area contributed by atoms with Crippen molar-refractivity contribution in [3.8, 4) is 0 Å². The monoisotopic (exact) mass is 362 g/mol. The van der Waals surface area contributed by atoms with Gasteiger partial charge in [0.15, 0.2) is 9.84 Å². The molecule has 2 N–H and O–H groups in total. The first-order chi connectivity index (χ1) is 10.2. The number of carbonyl (C=O) groups is 1. The van der Waals surface area contributed by atoms with Crippen LogP contribution < -0.4 is 5.73 Å². The van der Waals surface area contributed by atoms with Crippen LogP contribution in [0, 0.1) is 5.92 Å². The number of hydrogen-bond acceptors (Lipinski definition) is 4. The van der Waals surface area contributed by atoms with E-state index in [-0.39, 0.29) is 35.0 Å². The minimum absolute atomic E-state index is 0. The summed E-state index contributed by atoms with van der Waals surface area (Å²) in [6.45, 7) is 6.28. The number of halogens is 1. The maximum absolute atomic E-state index is 12.3. The molecule has 1 amide bonds. The van der Waals surface area contributed by atoms with Gasteiger partial charge in [0.1, 0.15) is 0 Å². The molecule has 1 rings (SSSR count). The zero-order valence-electron chi connectivity index (χ0n) is 14.2. The number of rotatable bonds is 7. The molecular formula is C16H27ClN2O3S. The van der Waals surface area contributed by atoms with Gasteiger partial charge in [-0.15, -0.1) is 12.4 Å². The van der Waals surface area contributed by atoms with Gasteiger partial charge >= 0.3 is 0 Å². The summed E-state index contributed by atoms with van der Waals surface area (Å²) in [7, 11) is -1.51. The van der Waals surface area contributed by atoms with Crippen LogP contribution in [0.5, 0.6) is 0 Å². The second-order valence-corrected chi connectivity index (χ2v) is 8.13. The lowest BCUT2D eigenvalue weighted by atomic mass is 10.0. The van der Waals surface area contributed by atoms with Crippen molar-refractivity contribution in [2.45, 2.75) is 38.1 Å². The molecule has 0 fully saturated rings. The highest BCUT2D eigenvalue weighted by Gasteiger charge is 2.16. The zero-order chi connectivity index (χ0) is 16.9. The van der Waals surface area contributed by atoms with Crippen LogP contribution in [0.15, 0.2) is 29.2 Å². The fourth-order valence-corrected chi connectivity index (χ4v) is 2.85. The Kier molecular flexibility index (Phi) is 8.80. The van der Waals surface area contributed by atoms with E-state index in [9.17, 15) is 13.2 Å². The maximum atomic E-state index is 12.3. The number of nitrogens with two attached hydrogens (primary N) is 1. The normalized spacial score (nSPS) is 12.6. The molecule has 132 valence electrons. The Morgan fingerprint density at radius 3 is 2.17 bits per heavy atom. The average molecular weight is 363 g/mol. The van der Waals surface area contributed by atoms with E-state index in [1.165, 1.54) is 12.1 Å². The predicted octanol–water partition coefficient (Wildman–Crippen LogP) is 2.35. The van der Waals surface area contributed by atoms with Gasteiger partial charge in [0, 0.05) is 25.2 Å². The van der Waals surface area contributed by atoms with Crippen molar-refractivity contribution in [1.29, 1.82) is 0 Å². The van der Waals surface area contributed by atoms with Crippen molar-refractivity contribution in [2.24, 2.45) is 11.7 Å². The van der Waals surface area contributed by atoms with Crippen molar-refractivity contribution in [2.75, 3.05) is 19.3 Å². The Balaban J connectivity index is 0.00000484. The van der Waals surface area contributed by atoms with E-state index < -0.39 is 9.84 Å². The highest BCUT2D eigenvalue weighted by atomic mass is 35.5. The first kappa shape index (κ1) is 21.9. The second-order valence-electron chi connectivity index (χ2n) is 5.85. The standard InChI is InChI=1S/C16H26N2O3S.ClH/c1-5-22(20,21)14-8-6-13(7-9-14)16(19)18(4)11-10-15(17)12(2)3;/h6-9,12,15H,5,10-11,17H2,1-4H3;1H. The first-order valence-corrected chi connectivity index (χ1v) is 9.18. The van der Waals surface area contributed by atoms with Crippen molar-refractivity contribution < 1.29 is 13.2 Å². The molecule has 0 saturated heterocycles. The van der Waals surface area contributed by atoms with Crippen LogP contribution in [0.25, 0.3) is 0 Å². The molecule has 5 nitrogen and oxygen atoms in total. The lowest BCUT2D eigenvalue weighted by Gasteiger charge is -2.21. The molecule has 1 aromatic rings. The molecule has 0 bridgehead atoms. The molecule has 0 aliphatic rings. The SMILES string of the molecule is CCS(=O)(=O)c1ccc(C(=O)N(C)CCC(N)C(C)C)cc1.Cl. The molecular weight excluding hydrogens is 336 g/mol. The lowest BCUT2D eigenvalue weighted by molar-refractivity contribution is 0.0789. The van der Waals surface area contributed by atoms with Crippen LogP contribution in [-0.2, 0) is 9.84 Å². The third kappa shape index (κ3) is 6.12. The number of sulfone groups is 1. The number of nitrogens with zero attached hydrogens (tertiary/aromatic N) is 1. The summed E-state index contributed by atoms with van der Waals surface area (Å²) in [5.41, 5.74) is 6.46. The molecule has 0 radical (unpaired) electrons. The van der Waals surface area contributed by atoms with Gasteiger partial charge in [-0.1, -0.05) is 20.8 Å².